The number of benzene rings is 5. The molecule has 8 rings (SSSR count). The Hall–Kier alpha value is -4.72. The van der Waals surface area contributed by atoms with E-state index in [2.05, 4.69) is 5.32 Å². The quantitative estimate of drug-likeness (QED) is 0.0397. The molecule has 1 amide bonds. The van der Waals surface area contributed by atoms with Gasteiger partial charge in [0, 0.05) is 40.3 Å². The maximum Gasteiger partial charge on any atom is 0.347 e. The smallest absolute Gasteiger partial charge is 0.347 e. The number of aliphatic carboxylic acids is 1. The topological polar surface area (TPSA) is 171 Å². The molecule has 3 saturated carbocycles. The van der Waals surface area contributed by atoms with Crippen LogP contribution in [0.25, 0.3) is 0 Å². The van der Waals surface area contributed by atoms with E-state index in [1.165, 1.54) is 27.7 Å². The van der Waals surface area contributed by atoms with Crippen LogP contribution in [0, 0.1) is 0 Å². The molecule has 3 aliphatic rings. The van der Waals surface area contributed by atoms with Crippen LogP contribution >= 0.6 is 81.2 Å². The molecule has 5 aromatic carbocycles. The Kier molecular flexibility index (Phi) is 19.0. The van der Waals surface area contributed by atoms with Gasteiger partial charge in [0.05, 0.1) is 0 Å². The molecule has 4 N–H and O–H groups in total. The first-order valence-corrected chi connectivity index (χ1v) is 25.6. The van der Waals surface area contributed by atoms with Gasteiger partial charge in [-0.2, -0.15) is 0 Å². The largest absolute Gasteiger partial charge is 0.479 e. The van der Waals surface area contributed by atoms with Crippen molar-refractivity contribution in [2.24, 2.45) is 0 Å². The third-order valence-corrected chi connectivity index (χ3v) is 14.8. The highest BCUT2D eigenvalue weighted by atomic mass is 35.5. The molecule has 0 bridgehead atoms. The van der Waals surface area contributed by atoms with Crippen molar-refractivity contribution < 1.29 is 43.3 Å². The summed E-state index contributed by atoms with van der Waals surface area (Å²) in [5, 5.41) is 11.2. The first-order valence-electron chi connectivity index (χ1n) is 23.0. The summed E-state index contributed by atoms with van der Waals surface area (Å²) >= 11 is 41.6. The molecule has 11 nitrogen and oxygen atoms in total. The number of carbonyl (C=O) groups is 5. The fourth-order valence-corrected chi connectivity index (χ4v) is 8.55. The number of ether oxygens (including phenoxy) is 3. The van der Waals surface area contributed by atoms with Gasteiger partial charge < -0.3 is 30.4 Å². The molecule has 0 aromatic heterocycles. The van der Waals surface area contributed by atoms with Crippen molar-refractivity contribution in [1.29, 1.82) is 0 Å². The number of carboxylic acid groups (broad SMARTS) is 1. The maximum absolute atomic E-state index is 12.6. The van der Waals surface area contributed by atoms with Gasteiger partial charge in [0.25, 0.3) is 11.1 Å². The highest BCUT2D eigenvalue weighted by molar-refractivity contribution is 6.65. The summed E-state index contributed by atoms with van der Waals surface area (Å²) < 4.78 is 14.9. The number of carboxylic acids is 1. The molecule has 0 heterocycles. The Morgan fingerprint density at radius 1 is 0.507 bits per heavy atom. The van der Waals surface area contributed by atoms with E-state index in [1.54, 1.807) is 100 Å². The van der Waals surface area contributed by atoms with Crippen LogP contribution < -0.4 is 25.3 Å². The highest BCUT2D eigenvalue weighted by Crippen LogP contribution is 2.61. The minimum atomic E-state index is -1.25. The van der Waals surface area contributed by atoms with Gasteiger partial charge in [-0.25, -0.2) is 4.79 Å². The van der Waals surface area contributed by atoms with E-state index >= 15 is 0 Å². The van der Waals surface area contributed by atoms with Gasteiger partial charge in [0.15, 0.2) is 28.4 Å². The summed E-state index contributed by atoms with van der Waals surface area (Å²) in [7, 11) is 0. The van der Waals surface area contributed by atoms with Gasteiger partial charge >= 0.3 is 5.97 Å². The molecule has 0 saturated heterocycles. The number of carbonyl (C=O) groups excluding carboxylic acids is 4. The first kappa shape index (κ1) is 59.2. The zero-order valence-electron chi connectivity index (χ0n) is 41.3. The average molecular weight is 1140 g/mol. The molecule has 3 fully saturated rings. The van der Waals surface area contributed by atoms with E-state index < -0.39 is 41.0 Å². The van der Waals surface area contributed by atoms with Crippen LogP contribution in [-0.4, -0.2) is 63.6 Å². The minimum Gasteiger partial charge on any atom is -0.479 e. The molecular formula is C55H57Cl7N2O9. The number of alkyl halides is 6. The summed E-state index contributed by atoms with van der Waals surface area (Å²) in [5.41, 5.74) is 7.81. The SMILES string of the molecule is CC(=O)c1ccc(N)cc1.CC(=O)c1ccc(NC(=O)C(C)(C)Oc2ccc(C3CC3(Cl)Cl)cc2)cc1.CC(C)(Oc1ccc(C2CC2(Cl)Cl)cc1)C(=O)Cl.CC(C)(Oc1ccc(C2CC2(Cl)Cl)cc1)C(=O)O. The van der Waals surface area contributed by atoms with Crippen LogP contribution in [0.15, 0.2) is 121 Å². The third kappa shape index (κ3) is 17.2. The zero-order valence-corrected chi connectivity index (χ0v) is 46.6. The van der Waals surface area contributed by atoms with E-state index in [1.807, 2.05) is 48.5 Å². The molecular weight excluding hydrogens is 1080 g/mol. The summed E-state index contributed by atoms with van der Waals surface area (Å²) in [6.07, 6.45) is 2.26. The molecule has 0 aliphatic heterocycles. The fraction of sp³-hybridized carbons (Fsp3) is 0.364. The Labute approximate surface area is 461 Å². The molecule has 0 spiro atoms. The lowest BCUT2D eigenvalue weighted by Gasteiger charge is -2.25. The number of halogens is 7. The Morgan fingerprint density at radius 2 is 0.795 bits per heavy atom. The number of nitrogens with two attached hydrogens (primary N) is 1. The Morgan fingerprint density at radius 3 is 1.07 bits per heavy atom. The van der Waals surface area contributed by atoms with Gasteiger partial charge in [-0.1, -0.05) is 36.4 Å². The summed E-state index contributed by atoms with van der Waals surface area (Å²) in [4.78, 5) is 56.7. The second-order valence-corrected chi connectivity index (χ2v) is 24.4. The normalized spacial score (nSPS) is 18.5. The molecule has 18 heteroatoms. The standard InChI is InChI=1S/C21H21Cl2NO3.C13H13Cl3O2.C13H14Cl2O3.C8H9NO/c1-13(25)14-4-8-16(9-5-14)24-19(26)20(2,3)27-17-10-6-15(7-11-17)18-12-21(18,22)23;1-12(2,11(14)17)18-9-5-3-8(4-6-9)10-7-13(10,15)16;1-12(2,11(16)17)18-9-5-3-8(4-6-9)10-7-13(10,14)15;1-6(10)7-2-4-8(9)5-3-7/h4-11,18H,12H2,1-3H3,(H,24,26);3-6,10H,7H2,1-2H3;3-6,10H,7H2,1-2H3,(H,16,17);2-5H,9H2,1H3. The molecule has 5 aromatic rings. The average Bonchev–Trinajstić information content (AvgIpc) is 4.26. The van der Waals surface area contributed by atoms with Crippen LogP contribution in [0.4, 0.5) is 11.4 Å². The van der Waals surface area contributed by atoms with Gasteiger partial charge in [0.1, 0.15) is 30.2 Å². The van der Waals surface area contributed by atoms with E-state index in [0.29, 0.717) is 39.8 Å². The zero-order chi connectivity index (χ0) is 54.5. The number of nitrogens with one attached hydrogen (secondary N) is 1. The number of amides is 1. The predicted molar refractivity (Wildman–Crippen MR) is 293 cm³/mol. The van der Waals surface area contributed by atoms with Gasteiger partial charge in [0.2, 0.25) is 0 Å². The number of Topliss-reactive ketones (excluding diaryl/α,β-unsaturated/α-hetero) is 2. The summed E-state index contributed by atoms with van der Waals surface area (Å²) in [5.74, 6) is 0.922. The van der Waals surface area contributed by atoms with Crippen LogP contribution in [-0.2, 0) is 14.4 Å². The van der Waals surface area contributed by atoms with Crippen molar-refractivity contribution in [2.75, 3.05) is 11.1 Å². The number of rotatable bonds is 15. The van der Waals surface area contributed by atoms with Crippen LogP contribution in [0.2, 0.25) is 0 Å². The lowest BCUT2D eigenvalue weighted by atomic mass is 10.1. The molecule has 390 valence electrons. The van der Waals surface area contributed by atoms with Crippen LogP contribution in [0.1, 0.15) is 130 Å². The van der Waals surface area contributed by atoms with Crippen molar-refractivity contribution in [3.63, 3.8) is 0 Å². The van der Waals surface area contributed by atoms with Crippen molar-refractivity contribution in [3.05, 3.63) is 149 Å². The van der Waals surface area contributed by atoms with E-state index in [0.717, 1.165) is 36.0 Å². The second-order valence-electron chi connectivity index (χ2n) is 19.4. The Balaban J connectivity index is 0.000000190. The van der Waals surface area contributed by atoms with Crippen molar-refractivity contribution >= 4 is 121 Å². The first-order chi connectivity index (χ1) is 33.7. The maximum atomic E-state index is 12.6. The van der Waals surface area contributed by atoms with E-state index in [-0.39, 0.29) is 35.2 Å². The summed E-state index contributed by atoms with van der Waals surface area (Å²) in [6, 6.07) is 35.7. The van der Waals surface area contributed by atoms with Crippen molar-refractivity contribution in [3.8, 4) is 17.2 Å². The van der Waals surface area contributed by atoms with E-state index in [4.69, 9.17) is 106 Å². The fourth-order valence-electron chi connectivity index (χ4n) is 6.83. The Bertz CT molecular complexity index is 2670. The van der Waals surface area contributed by atoms with Crippen LogP contribution in [0.3, 0.4) is 0 Å². The van der Waals surface area contributed by atoms with Gasteiger partial charge in [-0.3, -0.25) is 19.2 Å². The molecule has 3 atom stereocenters. The number of nitrogen functional groups attached to an aromatic ring is 1. The number of hydrogen-bond donors (Lipinski definition) is 3. The monoisotopic (exact) mass is 1130 g/mol. The second kappa shape index (κ2) is 23.4. The summed E-state index contributed by atoms with van der Waals surface area (Å²) in [6.45, 7) is 12.7. The number of hydrogen-bond acceptors (Lipinski definition) is 9. The highest BCUT2D eigenvalue weighted by Gasteiger charge is 2.54. The minimum absolute atomic E-state index is 0.0215. The molecule has 73 heavy (non-hydrogen) atoms. The number of anilines is 2. The predicted octanol–water partition coefficient (Wildman–Crippen LogP) is 14.7. The van der Waals surface area contributed by atoms with Crippen molar-refractivity contribution in [1.82, 2.24) is 0 Å². The van der Waals surface area contributed by atoms with Crippen molar-refractivity contribution in [2.45, 2.75) is 122 Å². The molecule has 3 aliphatic carbocycles. The molecule has 3 unspecified atom stereocenters. The van der Waals surface area contributed by atoms with Gasteiger partial charge in [-0.05, 0) is 188 Å². The lowest BCUT2D eigenvalue weighted by molar-refractivity contribution is -0.152. The van der Waals surface area contributed by atoms with Crippen LogP contribution in [0.5, 0.6) is 17.2 Å². The lowest BCUT2D eigenvalue weighted by Crippen LogP contribution is -2.42. The number of ketones is 2. The third-order valence-electron chi connectivity index (χ3n) is 11.8. The van der Waals surface area contributed by atoms with E-state index in [9.17, 15) is 24.0 Å². The van der Waals surface area contributed by atoms with Gasteiger partial charge in [-0.15, -0.1) is 69.6 Å². The molecule has 0 radical (unpaired) electrons.